The molecule has 1 heterocycles. The summed E-state index contributed by atoms with van der Waals surface area (Å²) in [5.74, 6) is 0.722. The summed E-state index contributed by atoms with van der Waals surface area (Å²) in [5.41, 5.74) is 0.812. The molecule has 0 saturated carbocycles. The lowest BCUT2D eigenvalue weighted by Crippen LogP contribution is -2.29. The van der Waals surface area contributed by atoms with Crippen LogP contribution in [0.25, 0.3) is 0 Å². The number of methoxy groups -OCH3 is 1. The standard InChI is InChI=1S/C16H18N6OS2/c1-23-14-7-3-2-6-13(14)19-15-20-22(16(24)25-15)12-21(10-4-8-17)11-5-9-18/h2-3,6-7H,4-5,10-12H2,1H3,(H,19,20). The summed E-state index contributed by atoms with van der Waals surface area (Å²) >= 11 is 6.75. The van der Waals surface area contributed by atoms with Crippen molar-refractivity contribution in [2.75, 3.05) is 25.5 Å². The predicted molar refractivity (Wildman–Crippen MR) is 99.2 cm³/mol. The number of hydrogen-bond donors (Lipinski definition) is 1. The third-order valence-corrected chi connectivity index (χ3v) is 4.59. The van der Waals surface area contributed by atoms with E-state index in [9.17, 15) is 0 Å². The van der Waals surface area contributed by atoms with Crippen LogP contribution in [0.4, 0.5) is 10.8 Å². The summed E-state index contributed by atoms with van der Waals surface area (Å²) in [6, 6.07) is 11.8. The lowest BCUT2D eigenvalue weighted by molar-refractivity contribution is 0.215. The van der Waals surface area contributed by atoms with Gasteiger partial charge in [0.1, 0.15) is 5.75 Å². The van der Waals surface area contributed by atoms with Crippen molar-refractivity contribution in [1.29, 1.82) is 10.5 Å². The molecule has 0 aliphatic carbocycles. The first-order valence-corrected chi connectivity index (χ1v) is 8.84. The number of hydrogen-bond acceptors (Lipinski definition) is 8. The zero-order chi connectivity index (χ0) is 18.1. The Bertz CT molecular complexity index is 814. The average molecular weight is 374 g/mol. The molecule has 1 aromatic heterocycles. The van der Waals surface area contributed by atoms with Crippen molar-refractivity contribution >= 4 is 34.4 Å². The van der Waals surface area contributed by atoms with Gasteiger partial charge in [-0.25, -0.2) is 4.68 Å². The van der Waals surface area contributed by atoms with Crippen molar-refractivity contribution in [3.05, 3.63) is 28.2 Å². The van der Waals surface area contributed by atoms with Gasteiger partial charge in [-0.15, -0.1) is 5.10 Å². The highest BCUT2D eigenvalue weighted by atomic mass is 32.1. The van der Waals surface area contributed by atoms with E-state index < -0.39 is 0 Å². The minimum atomic E-state index is 0.398. The second-order valence-corrected chi connectivity index (χ2v) is 6.70. The number of para-hydroxylation sites is 2. The first kappa shape index (κ1) is 18.9. The van der Waals surface area contributed by atoms with Crippen LogP contribution in [0, 0.1) is 26.6 Å². The molecule has 0 aliphatic heterocycles. The van der Waals surface area contributed by atoms with Gasteiger partial charge in [-0.05, 0) is 24.4 Å². The molecule has 0 atom stereocenters. The number of nitrogens with one attached hydrogen (secondary N) is 1. The van der Waals surface area contributed by atoms with E-state index in [2.05, 4.69) is 22.6 Å². The average Bonchev–Trinajstić information content (AvgIpc) is 2.96. The number of benzene rings is 1. The first-order chi connectivity index (χ1) is 12.2. The van der Waals surface area contributed by atoms with E-state index in [0.29, 0.717) is 41.7 Å². The van der Waals surface area contributed by atoms with E-state index in [1.54, 1.807) is 11.8 Å². The van der Waals surface area contributed by atoms with E-state index in [1.165, 1.54) is 11.3 Å². The molecular formula is C16H18N6OS2. The molecular weight excluding hydrogens is 356 g/mol. The second-order valence-electron chi connectivity index (χ2n) is 5.07. The number of aromatic nitrogens is 2. The van der Waals surface area contributed by atoms with Crippen LogP contribution in [-0.4, -0.2) is 34.9 Å². The van der Waals surface area contributed by atoms with Gasteiger partial charge in [-0.2, -0.15) is 10.5 Å². The van der Waals surface area contributed by atoms with Gasteiger partial charge in [-0.3, -0.25) is 4.90 Å². The maximum Gasteiger partial charge on any atom is 0.209 e. The molecule has 0 saturated heterocycles. The largest absolute Gasteiger partial charge is 0.495 e. The molecule has 0 unspecified atom stereocenters. The summed E-state index contributed by atoms with van der Waals surface area (Å²) < 4.78 is 7.64. The zero-order valence-electron chi connectivity index (χ0n) is 13.8. The van der Waals surface area contributed by atoms with Crippen molar-refractivity contribution in [2.45, 2.75) is 19.5 Å². The maximum absolute atomic E-state index is 8.77. The number of nitrogens with zero attached hydrogens (tertiary/aromatic N) is 5. The molecule has 0 amide bonds. The summed E-state index contributed by atoms with van der Waals surface area (Å²) in [6.45, 7) is 1.60. The van der Waals surface area contributed by atoms with Crippen molar-refractivity contribution in [3.63, 3.8) is 0 Å². The van der Waals surface area contributed by atoms with Gasteiger partial charge in [-0.1, -0.05) is 23.5 Å². The van der Waals surface area contributed by atoms with E-state index in [0.717, 1.165) is 11.4 Å². The molecule has 1 N–H and O–H groups in total. The highest BCUT2D eigenvalue weighted by Gasteiger charge is 2.11. The first-order valence-electron chi connectivity index (χ1n) is 7.62. The molecule has 1 aromatic carbocycles. The van der Waals surface area contributed by atoms with E-state index in [4.69, 9.17) is 27.5 Å². The molecule has 130 valence electrons. The monoisotopic (exact) mass is 374 g/mol. The lowest BCUT2D eigenvalue weighted by Gasteiger charge is -2.19. The highest BCUT2D eigenvalue weighted by Crippen LogP contribution is 2.28. The molecule has 0 spiro atoms. The van der Waals surface area contributed by atoms with Crippen molar-refractivity contribution in [3.8, 4) is 17.9 Å². The molecule has 2 aromatic rings. The Labute approximate surface area is 155 Å². The summed E-state index contributed by atoms with van der Waals surface area (Å²) in [4.78, 5) is 1.99. The topological polar surface area (TPSA) is 89.9 Å². The van der Waals surface area contributed by atoms with Gasteiger partial charge in [0, 0.05) is 25.9 Å². The van der Waals surface area contributed by atoms with Crippen LogP contribution in [0.5, 0.6) is 5.75 Å². The Morgan fingerprint density at radius 3 is 2.60 bits per heavy atom. The molecule has 25 heavy (non-hydrogen) atoms. The Hall–Kier alpha value is -2.46. The normalized spacial score (nSPS) is 10.2. The minimum absolute atomic E-state index is 0.398. The van der Waals surface area contributed by atoms with Crippen LogP contribution >= 0.6 is 23.6 Å². The molecule has 0 fully saturated rings. The summed E-state index contributed by atoms with van der Waals surface area (Å²) in [7, 11) is 1.61. The SMILES string of the molecule is COc1ccccc1Nc1nn(CN(CCC#N)CCC#N)c(=S)s1. The molecule has 0 radical (unpaired) electrons. The fraction of sp³-hybridized carbons (Fsp3) is 0.375. The lowest BCUT2D eigenvalue weighted by atomic mass is 10.3. The highest BCUT2D eigenvalue weighted by molar-refractivity contribution is 7.73. The number of nitriles is 2. The van der Waals surface area contributed by atoms with E-state index in [1.807, 2.05) is 29.2 Å². The minimum Gasteiger partial charge on any atom is -0.495 e. The fourth-order valence-corrected chi connectivity index (χ4v) is 3.17. The number of rotatable bonds is 9. The van der Waals surface area contributed by atoms with Crippen molar-refractivity contribution in [2.24, 2.45) is 0 Å². The van der Waals surface area contributed by atoms with Gasteiger partial charge < -0.3 is 10.1 Å². The van der Waals surface area contributed by atoms with Crippen LogP contribution < -0.4 is 10.1 Å². The number of anilines is 2. The molecule has 0 bridgehead atoms. The maximum atomic E-state index is 8.77. The molecule has 2 rings (SSSR count). The van der Waals surface area contributed by atoms with Gasteiger partial charge in [0.25, 0.3) is 0 Å². The van der Waals surface area contributed by atoms with Gasteiger partial charge in [0.2, 0.25) is 5.13 Å². The van der Waals surface area contributed by atoms with E-state index >= 15 is 0 Å². The third kappa shape index (κ3) is 5.54. The second kappa shape index (κ2) is 9.74. The van der Waals surface area contributed by atoms with Crippen LogP contribution in [0.1, 0.15) is 12.8 Å². The number of ether oxygens (including phenoxy) is 1. The smallest absolute Gasteiger partial charge is 0.209 e. The fourth-order valence-electron chi connectivity index (χ4n) is 2.17. The van der Waals surface area contributed by atoms with E-state index in [-0.39, 0.29) is 0 Å². The van der Waals surface area contributed by atoms with Crippen LogP contribution in [-0.2, 0) is 6.67 Å². The van der Waals surface area contributed by atoms with Gasteiger partial charge in [0.15, 0.2) is 3.95 Å². The van der Waals surface area contributed by atoms with Crippen LogP contribution in [0.2, 0.25) is 0 Å². The van der Waals surface area contributed by atoms with Crippen LogP contribution in [0.15, 0.2) is 24.3 Å². The molecule has 7 nitrogen and oxygen atoms in total. The zero-order valence-corrected chi connectivity index (χ0v) is 15.4. The Kier molecular flexibility index (Phi) is 7.36. The summed E-state index contributed by atoms with van der Waals surface area (Å²) in [6.07, 6.45) is 0.796. The summed E-state index contributed by atoms with van der Waals surface area (Å²) in [5, 5.41) is 25.9. The van der Waals surface area contributed by atoms with Crippen molar-refractivity contribution < 1.29 is 4.74 Å². The van der Waals surface area contributed by atoms with Crippen molar-refractivity contribution in [1.82, 2.24) is 14.7 Å². The quantitative estimate of drug-likeness (QED) is 0.672. The molecule has 9 heteroatoms. The van der Waals surface area contributed by atoms with Gasteiger partial charge in [0.05, 0.1) is 31.6 Å². The Morgan fingerprint density at radius 1 is 1.28 bits per heavy atom. The Balaban J connectivity index is 2.11. The third-order valence-electron chi connectivity index (χ3n) is 3.37. The predicted octanol–water partition coefficient (Wildman–Crippen LogP) is 3.51. The Morgan fingerprint density at radius 2 is 1.96 bits per heavy atom. The van der Waals surface area contributed by atoms with Gasteiger partial charge >= 0.3 is 0 Å². The van der Waals surface area contributed by atoms with Crippen LogP contribution in [0.3, 0.4) is 0 Å². The molecule has 0 aliphatic rings.